The first kappa shape index (κ1) is 29.9. The van der Waals surface area contributed by atoms with E-state index < -0.39 is 0 Å². The number of hydrogen-bond donors (Lipinski definition) is 0. The largest absolute Gasteiger partial charge is 0.466 e. The molecule has 4 heteroatoms. The highest BCUT2D eigenvalue weighted by atomic mass is 16.5. The van der Waals surface area contributed by atoms with Gasteiger partial charge in [-0.3, -0.25) is 9.59 Å². The number of unbranched alkanes of at least 4 members (excludes halogenated alkanes) is 14. The van der Waals surface area contributed by atoms with Crippen LogP contribution >= 0.6 is 0 Å². The van der Waals surface area contributed by atoms with Crippen LogP contribution in [0.3, 0.4) is 0 Å². The standard InChI is InChI=1S/C27H52O4/c1-4-23-30-26(28)22-20-18-16-14-12-10-8-6-7-9-11-13-15-17-19-21-25(3)27(29)31-24-5-2/h25H,4-24H2,1-3H3. The summed E-state index contributed by atoms with van der Waals surface area (Å²) in [6, 6.07) is 0. The number of rotatable bonds is 23. The molecule has 0 fully saturated rings. The maximum atomic E-state index is 11.7. The van der Waals surface area contributed by atoms with E-state index in [2.05, 4.69) is 0 Å². The maximum absolute atomic E-state index is 11.7. The van der Waals surface area contributed by atoms with Gasteiger partial charge in [-0.1, -0.05) is 111 Å². The number of esters is 2. The van der Waals surface area contributed by atoms with Gasteiger partial charge in [-0.15, -0.1) is 0 Å². The van der Waals surface area contributed by atoms with E-state index in [-0.39, 0.29) is 17.9 Å². The summed E-state index contributed by atoms with van der Waals surface area (Å²) < 4.78 is 10.3. The van der Waals surface area contributed by atoms with E-state index in [1.807, 2.05) is 20.8 Å². The van der Waals surface area contributed by atoms with Crippen molar-refractivity contribution >= 4 is 11.9 Å². The van der Waals surface area contributed by atoms with Crippen molar-refractivity contribution < 1.29 is 19.1 Å². The van der Waals surface area contributed by atoms with Gasteiger partial charge in [0.2, 0.25) is 0 Å². The summed E-state index contributed by atoms with van der Waals surface area (Å²) in [5.41, 5.74) is 0. The fourth-order valence-electron chi connectivity index (χ4n) is 3.77. The molecule has 0 bridgehead atoms. The molecule has 0 aliphatic rings. The molecule has 0 amide bonds. The summed E-state index contributed by atoms with van der Waals surface area (Å²) in [4.78, 5) is 23.1. The van der Waals surface area contributed by atoms with E-state index >= 15 is 0 Å². The molecule has 1 atom stereocenters. The van der Waals surface area contributed by atoms with Crippen molar-refractivity contribution in [1.82, 2.24) is 0 Å². The lowest BCUT2D eigenvalue weighted by atomic mass is 10.0. The molecule has 184 valence electrons. The molecule has 0 aromatic heterocycles. The second-order valence-electron chi connectivity index (χ2n) is 9.13. The van der Waals surface area contributed by atoms with E-state index in [1.54, 1.807) is 0 Å². The van der Waals surface area contributed by atoms with Crippen LogP contribution in [0.1, 0.15) is 143 Å². The van der Waals surface area contributed by atoms with Gasteiger partial charge in [0.1, 0.15) is 0 Å². The molecule has 0 heterocycles. The smallest absolute Gasteiger partial charge is 0.308 e. The monoisotopic (exact) mass is 440 g/mol. The van der Waals surface area contributed by atoms with Gasteiger partial charge in [-0.05, 0) is 25.7 Å². The van der Waals surface area contributed by atoms with Crippen LogP contribution in [0.25, 0.3) is 0 Å². The van der Waals surface area contributed by atoms with E-state index in [4.69, 9.17) is 9.47 Å². The van der Waals surface area contributed by atoms with Gasteiger partial charge >= 0.3 is 11.9 Å². The predicted octanol–water partition coefficient (Wildman–Crippen LogP) is 8.16. The molecule has 0 N–H and O–H groups in total. The second-order valence-corrected chi connectivity index (χ2v) is 9.13. The molecule has 0 aromatic rings. The Hall–Kier alpha value is -1.06. The molecular weight excluding hydrogens is 388 g/mol. The zero-order chi connectivity index (χ0) is 23.0. The lowest BCUT2D eigenvalue weighted by Gasteiger charge is -2.10. The fraction of sp³-hybridized carbons (Fsp3) is 0.926. The molecule has 1 unspecified atom stereocenters. The van der Waals surface area contributed by atoms with Gasteiger partial charge in [0.05, 0.1) is 19.1 Å². The maximum Gasteiger partial charge on any atom is 0.308 e. The van der Waals surface area contributed by atoms with E-state index in [9.17, 15) is 9.59 Å². The van der Waals surface area contributed by atoms with Gasteiger partial charge < -0.3 is 9.47 Å². The predicted molar refractivity (Wildman–Crippen MR) is 130 cm³/mol. The lowest BCUT2D eigenvalue weighted by Crippen LogP contribution is -2.15. The minimum atomic E-state index is -0.0270. The van der Waals surface area contributed by atoms with Crippen LogP contribution in [0.15, 0.2) is 0 Å². The van der Waals surface area contributed by atoms with Gasteiger partial charge in [0.15, 0.2) is 0 Å². The first-order valence-electron chi connectivity index (χ1n) is 13.4. The average Bonchev–Trinajstić information content (AvgIpc) is 2.77. The lowest BCUT2D eigenvalue weighted by molar-refractivity contribution is -0.148. The first-order valence-corrected chi connectivity index (χ1v) is 13.4. The third-order valence-corrected chi connectivity index (χ3v) is 5.84. The third-order valence-electron chi connectivity index (χ3n) is 5.84. The van der Waals surface area contributed by atoms with Crippen LogP contribution < -0.4 is 0 Å². The van der Waals surface area contributed by atoms with E-state index in [0.717, 1.165) is 38.5 Å². The molecule has 4 nitrogen and oxygen atoms in total. The molecule has 0 saturated carbocycles. The topological polar surface area (TPSA) is 52.6 Å². The van der Waals surface area contributed by atoms with Crippen molar-refractivity contribution in [2.75, 3.05) is 13.2 Å². The van der Waals surface area contributed by atoms with E-state index in [0.29, 0.717) is 19.6 Å². The molecule has 0 spiro atoms. The summed E-state index contributed by atoms with van der Waals surface area (Å²) in [5, 5.41) is 0. The highest BCUT2D eigenvalue weighted by Gasteiger charge is 2.13. The molecular formula is C27H52O4. The average molecular weight is 441 g/mol. The summed E-state index contributed by atoms with van der Waals surface area (Å²) in [6.07, 6.45) is 22.6. The zero-order valence-corrected chi connectivity index (χ0v) is 21.1. The summed E-state index contributed by atoms with van der Waals surface area (Å²) in [6.45, 7) is 7.16. The Balaban J connectivity index is 3.20. The highest BCUT2D eigenvalue weighted by Crippen LogP contribution is 2.16. The van der Waals surface area contributed by atoms with Crippen molar-refractivity contribution in [3.63, 3.8) is 0 Å². The van der Waals surface area contributed by atoms with Crippen molar-refractivity contribution in [3.8, 4) is 0 Å². The third kappa shape index (κ3) is 21.9. The van der Waals surface area contributed by atoms with Gasteiger partial charge in [-0.2, -0.15) is 0 Å². The summed E-state index contributed by atoms with van der Waals surface area (Å²) in [5.74, 6) is 0.00740. The SMILES string of the molecule is CCCOC(=O)CCCCCCCCCCCCCCCCCC(C)C(=O)OCCC. The molecule has 0 radical (unpaired) electrons. The van der Waals surface area contributed by atoms with Crippen LogP contribution in [-0.4, -0.2) is 25.2 Å². The van der Waals surface area contributed by atoms with Crippen molar-refractivity contribution in [2.24, 2.45) is 5.92 Å². The van der Waals surface area contributed by atoms with Gasteiger partial charge in [0.25, 0.3) is 0 Å². The highest BCUT2D eigenvalue weighted by molar-refractivity contribution is 5.71. The Labute approximate surface area is 193 Å². The molecule has 0 rings (SSSR count). The van der Waals surface area contributed by atoms with Crippen LogP contribution in [0.5, 0.6) is 0 Å². The van der Waals surface area contributed by atoms with Crippen molar-refractivity contribution in [1.29, 1.82) is 0 Å². The van der Waals surface area contributed by atoms with Gasteiger partial charge in [0, 0.05) is 6.42 Å². The van der Waals surface area contributed by atoms with Crippen molar-refractivity contribution in [2.45, 2.75) is 143 Å². The van der Waals surface area contributed by atoms with Gasteiger partial charge in [-0.25, -0.2) is 0 Å². The number of hydrogen-bond acceptors (Lipinski definition) is 4. The zero-order valence-electron chi connectivity index (χ0n) is 21.1. The number of carbonyl (C=O) groups is 2. The van der Waals surface area contributed by atoms with E-state index in [1.165, 1.54) is 77.0 Å². The quantitative estimate of drug-likeness (QED) is 0.119. The second kappa shape index (κ2) is 23.6. The normalized spacial score (nSPS) is 12.0. The van der Waals surface area contributed by atoms with Crippen LogP contribution in [0.4, 0.5) is 0 Å². The van der Waals surface area contributed by atoms with Crippen LogP contribution in [0, 0.1) is 5.92 Å². The Bertz CT molecular complexity index is 408. The summed E-state index contributed by atoms with van der Waals surface area (Å²) >= 11 is 0. The Morgan fingerprint density at radius 2 is 0.968 bits per heavy atom. The summed E-state index contributed by atoms with van der Waals surface area (Å²) in [7, 11) is 0. The van der Waals surface area contributed by atoms with Crippen LogP contribution in [0.2, 0.25) is 0 Å². The number of carbonyl (C=O) groups excluding carboxylic acids is 2. The molecule has 0 saturated heterocycles. The minimum Gasteiger partial charge on any atom is -0.466 e. The number of ether oxygens (including phenoxy) is 2. The molecule has 0 aromatic carbocycles. The minimum absolute atomic E-state index is 0.0220. The Kier molecular flexibility index (Phi) is 22.8. The van der Waals surface area contributed by atoms with Crippen molar-refractivity contribution in [3.05, 3.63) is 0 Å². The Morgan fingerprint density at radius 3 is 1.42 bits per heavy atom. The molecule has 31 heavy (non-hydrogen) atoms. The fourth-order valence-corrected chi connectivity index (χ4v) is 3.77. The first-order chi connectivity index (χ1) is 15.1. The Morgan fingerprint density at radius 1 is 0.581 bits per heavy atom. The molecule has 0 aliphatic heterocycles. The van der Waals surface area contributed by atoms with Crippen LogP contribution in [-0.2, 0) is 19.1 Å². The molecule has 0 aliphatic carbocycles.